The first-order valence-electron chi connectivity index (χ1n) is 8.04. The first-order valence-corrected chi connectivity index (χ1v) is 3.84. The van der Waals surface area contributed by atoms with Crippen molar-refractivity contribution >= 4 is 15.9 Å². The number of rotatable bonds is 1. The smallest absolute Gasteiger partial charge is 0.0840 e. The van der Waals surface area contributed by atoms with Crippen molar-refractivity contribution in [3.63, 3.8) is 0 Å². The molecule has 1 saturated heterocycles. The molecule has 0 bridgehead atoms. The highest BCUT2D eigenvalue weighted by molar-refractivity contribution is 9.10. The van der Waals surface area contributed by atoms with E-state index in [1.807, 2.05) is 0 Å². The van der Waals surface area contributed by atoms with Crippen LogP contribution in [-0.2, 0) is 4.74 Å². The van der Waals surface area contributed by atoms with Gasteiger partial charge in [0.1, 0.15) is 0 Å². The van der Waals surface area contributed by atoms with E-state index in [1.54, 1.807) is 0 Å². The number of ether oxygens (including phenoxy) is 1. The van der Waals surface area contributed by atoms with Gasteiger partial charge in [-0.25, -0.2) is 0 Å². The molecule has 0 saturated carbocycles. The highest BCUT2D eigenvalue weighted by atomic mass is 79.9. The number of pyridine rings is 1. The molecule has 0 radical (unpaired) electrons. The van der Waals surface area contributed by atoms with Crippen LogP contribution in [0.15, 0.2) is 22.7 Å². The van der Waals surface area contributed by atoms with Crippen molar-refractivity contribution in [1.29, 1.82) is 0 Å². The van der Waals surface area contributed by atoms with Crippen LogP contribution in [0.2, 0.25) is 0 Å². The lowest BCUT2D eigenvalue weighted by atomic mass is 10.0. The number of hydrogen-bond acceptors (Lipinski definition) is 2. The predicted molar refractivity (Wildman–Crippen MR) is 50.1 cm³/mol. The van der Waals surface area contributed by atoms with E-state index in [4.69, 9.17) is 13.7 Å². The van der Waals surface area contributed by atoms with Crippen LogP contribution in [0.3, 0.4) is 0 Å². The van der Waals surface area contributed by atoms with Crippen molar-refractivity contribution in [3.8, 4) is 0 Å². The van der Waals surface area contributed by atoms with Gasteiger partial charge in [0.25, 0.3) is 0 Å². The molecular formula is C9H10BrNO. The SMILES string of the molecule is [2H]c1nc(C2([2H])C([2H])([2H])OC([2H])([2H])C2([2H])[2H])c([2H])c(Br)c1[2H]. The Labute approximate surface area is 94.1 Å². The lowest BCUT2D eigenvalue weighted by Gasteiger charge is -2.05. The van der Waals surface area contributed by atoms with Gasteiger partial charge in [-0.05, 0) is 18.5 Å². The Morgan fingerprint density at radius 1 is 1.92 bits per heavy atom. The van der Waals surface area contributed by atoms with Crippen LogP contribution in [0.1, 0.15) is 31.7 Å². The molecule has 2 nitrogen and oxygen atoms in total. The summed E-state index contributed by atoms with van der Waals surface area (Å²) in [5.41, 5.74) is -0.809. The van der Waals surface area contributed by atoms with Crippen LogP contribution < -0.4 is 0 Å². The van der Waals surface area contributed by atoms with Crippen molar-refractivity contribution in [3.05, 3.63) is 28.4 Å². The summed E-state index contributed by atoms with van der Waals surface area (Å²) in [6, 6.07) is -1.13. The second-order valence-electron chi connectivity index (χ2n) is 1.94. The number of nitrogens with zero attached hydrogens (tertiary/aromatic N) is 1. The maximum absolute atomic E-state index is 8.22. The van der Waals surface area contributed by atoms with Crippen molar-refractivity contribution in [2.45, 2.75) is 12.3 Å². The minimum Gasteiger partial charge on any atom is -0.381 e. The topological polar surface area (TPSA) is 22.1 Å². The maximum atomic E-state index is 8.22. The fraction of sp³-hybridized carbons (Fsp3) is 0.444. The molecule has 1 aromatic rings. The summed E-state index contributed by atoms with van der Waals surface area (Å²) in [7, 11) is 0. The monoisotopic (exact) mass is 237 g/mol. The standard InChI is InChI=1S/C9H10BrNO/c10-8-1-3-11-9(5-8)7-2-4-12-6-7/h1,3,5,7H,2,4,6H2/i1D,2D2,3D,4D2,5D,6D2,7D. The molecular weight excluding hydrogens is 218 g/mol. The molecule has 1 aromatic heterocycles. The lowest BCUT2D eigenvalue weighted by Crippen LogP contribution is -1.99. The molecule has 12 heavy (non-hydrogen) atoms. The number of hydrogen-bond donors (Lipinski definition) is 0. The largest absolute Gasteiger partial charge is 0.381 e. The van der Waals surface area contributed by atoms with Crippen LogP contribution >= 0.6 is 15.9 Å². The summed E-state index contributed by atoms with van der Waals surface area (Å²) in [4.78, 5) is 3.49. The summed E-state index contributed by atoms with van der Waals surface area (Å²) in [5, 5.41) is 0. The van der Waals surface area contributed by atoms with E-state index in [0.717, 1.165) is 0 Å². The predicted octanol–water partition coefficient (Wildman–Crippen LogP) is 2.35. The molecule has 2 rings (SSSR count). The maximum Gasteiger partial charge on any atom is 0.0840 e. The van der Waals surface area contributed by atoms with E-state index in [2.05, 4.69) is 25.7 Å². The van der Waals surface area contributed by atoms with E-state index in [0.29, 0.717) is 0 Å². The average molecular weight is 238 g/mol. The first kappa shape index (κ1) is 2.55. The van der Waals surface area contributed by atoms with Gasteiger partial charge in [0.2, 0.25) is 0 Å². The van der Waals surface area contributed by atoms with Crippen LogP contribution in [0.25, 0.3) is 0 Å². The van der Waals surface area contributed by atoms with Gasteiger partial charge in [0, 0.05) is 32.9 Å². The molecule has 1 aliphatic rings. The van der Waals surface area contributed by atoms with Gasteiger partial charge in [-0.3, -0.25) is 4.98 Å². The third kappa shape index (κ3) is 1.67. The fourth-order valence-corrected chi connectivity index (χ4v) is 0.977. The zero-order valence-electron chi connectivity index (χ0n) is 15.7. The lowest BCUT2D eigenvalue weighted by molar-refractivity contribution is 0.193. The van der Waals surface area contributed by atoms with Crippen molar-refractivity contribution < 1.29 is 18.4 Å². The van der Waals surface area contributed by atoms with E-state index < -0.39 is 49.3 Å². The average Bonchev–Trinajstić information content (AvgIpc) is 2.46. The third-order valence-electron chi connectivity index (χ3n) is 1.18. The normalized spacial score (nSPS) is 53.8. The van der Waals surface area contributed by atoms with E-state index in [1.165, 1.54) is 0 Å². The molecule has 0 N–H and O–H groups in total. The molecule has 0 aliphatic carbocycles. The van der Waals surface area contributed by atoms with Crippen molar-refractivity contribution in [1.82, 2.24) is 4.98 Å². The molecule has 2 heterocycles. The minimum atomic E-state index is -3.19. The van der Waals surface area contributed by atoms with Gasteiger partial charge < -0.3 is 4.74 Å². The number of halogens is 1. The number of aromatic nitrogens is 1. The van der Waals surface area contributed by atoms with E-state index in [-0.39, 0.29) is 4.47 Å². The van der Waals surface area contributed by atoms with Crippen LogP contribution in [0, 0.1) is 0 Å². The highest BCUT2D eigenvalue weighted by Crippen LogP contribution is 2.24. The molecule has 1 unspecified atom stereocenters. The van der Waals surface area contributed by atoms with Crippen LogP contribution in [0.5, 0.6) is 0 Å². The molecule has 64 valence electrons. The molecule has 1 atom stereocenters. The Morgan fingerprint density at radius 3 is 3.58 bits per heavy atom. The second-order valence-corrected chi connectivity index (χ2v) is 2.74. The Kier molecular flexibility index (Phi) is 0.751. The Bertz CT molecular complexity index is 650. The molecule has 0 aromatic carbocycles. The molecule has 0 spiro atoms. The summed E-state index contributed by atoms with van der Waals surface area (Å²) in [6.45, 7) is -6.28. The van der Waals surface area contributed by atoms with Gasteiger partial charge in [-0.2, -0.15) is 0 Å². The second kappa shape index (κ2) is 3.54. The zero-order chi connectivity index (χ0) is 17.3. The first-order chi connectivity index (χ1) is 9.71. The van der Waals surface area contributed by atoms with Gasteiger partial charge in [-0.15, -0.1) is 0 Å². The summed E-state index contributed by atoms with van der Waals surface area (Å²) in [5.74, 6) is -3.04. The van der Waals surface area contributed by atoms with Gasteiger partial charge in [-0.1, -0.05) is 15.9 Å². The van der Waals surface area contributed by atoms with Gasteiger partial charge >= 0.3 is 0 Å². The summed E-state index contributed by atoms with van der Waals surface area (Å²) in [6.07, 6.45) is -3.88. The molecule has 1 fully saturated rings. The Balaban J connectivity index is 2.85. The minimum absolute atomic E-state index is 0.256. The van der Waals surface area contributed by atoms with Crippen LogP contribution in [-0.4, -0.2) is 18.1 Å². The van der Waals surface area contributed by atoms with E-state index >= 15 is 0 Å². The van der Waals surface area contributed by atoms with E-state index in [9.17, 15) is 0 Å². The van der Waals surface area contributed by atoms with Gasteiger partial charge in [0.05, 0.1) is 16.2 Å². The fourth-order valence-electron chi connectivity index (χ4n) is 0.701. The van der Waals surface area contributed by atoms with Gasteiger partial charge in [0.15, 0.2) is 0 Å². The Morgan fingerprint density at radius 2 is 2.83 bits per heavy atom. The molecule has 1 aliphatic heterocycles. The van der Waals surface area contributed by atoms with Crippen LogP contribution in [0.4, 0.5) is 0 Å². The molecule has 0 amide bonds. The Hall–Kier alpha value is -0.410. The highest BCUT2D eigenvalue weighted by Gasteiger charge is 2.18. The van der Waals surface area contributed by atoms with Crippen molar-refractivity contribution in [2.24, 2.45) is 0 Å². The quantitative estimate of drug-likeness (QED) is 0.749. The summed E-state index contributed by atoms with van der Waals surface area (Å²) >= 11 is 2.86. The summed E-state index contributed by atoms with van der Waals surface area (Å²) < 4.78 is 81.4. The molecule has 3 heteroatoms. The third-order valence-corrected chi connectivity index (χ3v) is 1.57. The van der Waals surface area contributed by atoms with Crippen molar-refractivity contribution in [2.75, 3.05) is 13.1 Å². The zero-order valence-corrected chi connectivity index (χ0v) is 7.32.